The van der Waals surface area contributed by atoms with Gasteiger partial charge in [-0.15, -0.1) is 0 Å². The lowest BCUT2D eigenvalue weighted by Crippen LogP contribution is -2.57. The number of hydrogen-bond acceptors (Lipinski definition) is 4. The lowest BCUT2D eigenvalue weighted by molar-refractivity contribution is -0.145. The van der Waals surface area contributed by atoms with Crippen molar-refractivity contribution in [2.45, 2.75) is 12.5 Å². The van der Waals surface area contributed by atoms with Gasteiger partial charge in [0.25, 0.3) is 5.91 Å². The topological polar surface area (TPSA) is 75.7 Å². The number of carbonyl (C=O) groups excluding carboxylic acids is 3. The quantitative estimate of drug-likeness (QED) is 0.852. The number of amides is 2. The van der Waals surface area contributed by atoms with Gasteiger partial charge in [-0.1, -0.05) is 42.5 Å². The normalized spacial score (nSPS) is 16.7. The van der Waals surface area contributed by atoms with Crippen LogP contribution in [0.1, 0.15) is 16.8 Å². The molecule has 26 heavy (non-hydrogen) atoms. The van der Waals surface area contributed by atoms with Gasteiger partial charge in [-0.05, 0) is 23.3 Å². The van der Waals surface area contributed by atoms with Crippen molar-refractivity contribution in [3.63, 3.8) is 0 Å². The number of carbonyl (C=O) groups is 3. The van der Waals surface area contributed by atoms with Crippen molar-refractivity contribution < 1.29 is 19.1 Å². The van der Waals surface area contributed by atoms with Crippen LogP contribution in [0.3, 0.4) is 0 Å². The van der Waals surface area contributed by atoms with Gasteiger partial charge in [0, 0.05) is 18.7 Å². The fraction of sp³-hybridized carbons (Fsp3) is 0.250. The minimum atomic E-state index is -0.850. The third-order valence-electron chi connectivity index (χ3n) is 4.42. The van der Waals surface area contributed by atoms with E-state index in [2.05, 4.69) is 10.1 Å². The highest BCUT2D eigenvalue weighted by molar-refractivity contribution is 5.99. The highest BCUT2D eigenvalue weighted by Gasteiger charge is 2.35. The zero-order valence-electron chi connectivity index (χ0n) is 14.5. The fourth-order valence-electron chi connectivity index (χ4n) is 3.00. The monoisotopic (exact) mass is 352 g/mol. The Morgan fingerprint density at radius 3 is 2.38 bits per heavy atom. The minimum Gasteiger partial charge on any atom is -0.469 e. The van der Waals surface area contributed by atoms with Crippen LogP contribution < -0.4 is 5.32 Å². The highest BCUT2D eigenvalue weighted by Crippen LogP contribution is 2.21. The maximum Gasteiger partial charge on any atom is 0.308 e. The first-order valence-electron chi connectivity index (χ1n) is 8.41. The van der Waals surface area contributed by atoms with Crippen molar-refractivity contribution in [1.29, 1.82) is 0 Å². The summed E-state index contributed by atoms with van der Waals surface area (Å²) in [4.78, 5) is 38.0. The van der Waals surface area contributed by atoms with Gasteiger partial charge in [0.1, 0.15) is 6.04 Å². The van der Waals surface area contributed by atoms with Crippen LogP contribution in [-0.2, 0) is 14.3 Å². The van der Waals surface area contributed by atoms with E-state index in [0.717, 1.165) is 11.1 Å². The molecule has 134 valence electrons. The molecule has 0 radical (unpaired) electrons. The maximum atomic E-state index is 12.9. The second-order valence-corrected chi connectivity index (χ2v) is 6.03. The third kappa shape index (κ3) is 3.74. The molecular weight excluding hydrogens is 332 g/mol. The van der Waals surface area contributed by atoms with Gasteiger partial charge in [-0.25, -0.2) is 0 Å². The van der Waals surface area contributed by atoms with Crippen molar-refractivity contribution in [1.82, 2.24) is 10.2 Å². The van der Waals surface area contributed by atoms with Gasteiger partial charge in [-0.2, -0.15) is 0 Å². The van der Waals surface area contributed by atoms with Crippen LogP contribution in [0.4, 0.5) is 0 Å². The number of ether oxygens (including phenoxy) is 1. The largest absolute Gasteiger partial charge is 0.469 e. The number of rotatable bonds is 4. The SMILES string of the molecule is COC(=O)CC1C(=O)NCCN1C(=O)c1ccc(-c2ccccc2)cc1. The van der Waals surface area contributed by atoms with E-state index in [0.29, 0.717) is 18.7 Å². The second-order valence-electron chi connectivity index (χ2n) is 6.03. The molecule has 3 rings (SSSR count). The Labute approximate surface area is 151 Å². The number of methoxy groups -OCH3 is 1. The summed E-state index contributed by atoms with van der Waals surface area (Å²) < 4.78 is 4.64. The summed E-state index contributed by atoms with van der Waals surface area (Å²) in [5, 5.41) is 2.69. The number of hydrogen-bond donors (Lipinski definition) is 1. The van der Waals surface area contributed by atoms with Gasteiger partial charge >= 0.3 is 5.97 Å². The molecular formula is C20H20N2O4. The minimum absolute atomic E-state index is 0.157. The number of esters is 1. The molecule has 2 aromatic rings. The Hall–Kier alpha value is -3.15. The average Bonchev–Trinajstić information content (AvgIpc) is 2.69. The molecule has 0 saturated carbocycles. The van der Waals surface area contributed by atoms with E-state index in [-0.39, 0.29) is 18.2 Å². The zero-order valence-corrected chi connectivity index (χ0v) is 14.5. The van der Waals surface area contributed by atoms with Gasteiger partial charge in [-0.3, -0.25) is 14.4 Å². The Morgan fingerprint density at radius 1 is 1.08 bits per heavy atom. The third-order valence-corrected chi connectivity index (χ3v) is 4.42. The van der Waals surface area contributed by atoms with Crippen LogP contribution in [0, 0.1) is 0 Å². The molecule has 1 saturated heterocycles. The van der Waals surface area contributed by atoms with Crippen molar-refractivity contribution in [2.24, 2.45) is 0 Å². The van der Waals surface area contributed by atoms with Crippen LogP contribution in [0.2, 0.25) is 0 Å². The molecule has 1 heterocycles. The van der Waals surface area contributed by atoms with E-state index in [1.807, 2.05) is 42.5 Å². The summed E-state index contributed by atoms with van der Waals surface area (Å²) in [5.41, 5.74) is 2.55. The first kappa shape index (κ1) is 17.7. The van der Waals surface area contributed by atoms with Crippen molar-refractivity contribution in [3.05, 3.63) is 60.2 Å². The van der Waals surface area contributed by atoms with Gasteiger partial charge in [0.05, 0.1) is 13.5 Å². The summed E-state index contributed by atoms with van der Waals surface area (Å²) in [7, 11) is 1.26. The molecule has 0 aliphatic carbocycles. The summed E-state index contributed by atoms with van der Waals surface area (Å²) >= 11 is 0. The molecule has 2 aromatic carbocycles. The first-order chi connectivity index (χ1) is 12.6. The highest BCUT2D eigenvalue weighted by atomic mass is 16.5. The molecule has 0 aromatic heterocycles. The second kappa shape index (κ2) is 7.82. The van der Waals surface area contributed by atoms with Gasteiger partial charge in [0.15, 0.2) is 0 Å². The molecule has 1 fully saturated rings. The molecule has 1 N–H and O–H groups in total. The van der Waals surface area contributed by atoms with Crippen molar-refractivity contribution in [2.75, 3.05) is 20.2 Å². The van der Waals surface area contributed by atoms with Gasteiger partial charge in [0.2, 0.25) is 5.91 Å². The van der Waals surface area contributed by atoms with E-state index in [1.54, 1.807) is 12.1 Å². The Kier molecular flexibility index (Phi) is 5.31. The Balaban J connectivity index is 1.80. The number of benzene rings is 2. The molecule has 0 spiro atoms. The summed E-state index contributed by atoms with van der Waals surface area (Å²) in [6.45, 7) is 0.719. The van der Waals surface area contributed by atoms with Crippen LogP contribution in [0.25, 0.3) is 11.1 Å². The number of nitrogens with one attached hydrogen (secondary N) is 1. The van der Waals surface area contributed by atoms with E-state index >= 15 is 0 Å². The lowest BCUT2D eigenvalue weighted by Gasteiger charge is -2.34. The Bertz CT molecular complexity index is 802. The van der Waals surface area contributed by atoms with E-state index in [1.165, 1.54) is 12.0 Å². The van der Waals surface area contributed by atoms with Crippen LogP contribution in [-0.4, -0.2) is 48.9 Å². The molecule has 1 aliphatic rings. The first-order valence-corrected chi connectivity index (χ1v) is 8.41. The van der Waals surface area contributed by atoms with Crippen LogP contribution >= 0.6 is 0 Å². The average molecular weight is 352 g/mol. The molecule has 2 amide bonds. The molecule has 1 aliphatic heterocycles. The van der Waals surface area contributed by atoms with Gasteiger partial charge < -0.3 is 15.0 Å². The van der Waals surface area contributed by atoms with Crippen molar-refractivity contribution in [3.8, 4) is 11.1 Å². The Morgan fingerprint density at radius 2 is 1.73 bits per heavy atom. The molecule has 6 heteroatoms. The number of nitrogens with zero attached hydrogens (tertiary/aromatic N) is 1. The van der Waals surface area contributed by atoms with Crippen LogP contribution in [0.15, 0.2) is 54.6 Å². The number of piperazine rings is 1. The van der Waals surface area contributed by atoms with E-state index in [9.17, 15) is 14.4 Å². The summed E-state index contributed by atoms with van der Waals surface area (Å²) in [6, 6.07) is 16.2. The summed E-state index contributed by atoms with van der Waals surface area (Å²) in [5.74, 6) is -1.13. The summed E-state index contributed by atoms with van der Waals surface area (Å²) in [6.07, 6.45) is -0.157. The lowest BCUT2D eigenvalue weighted by atomic mass is 10.0. The zero-order chi connectivity index (χ0) is 18.5. The maximum absolute atomic E-state index is 12.9. The standard InChI is InChI=1S/C20H20N2O4/c1-26-18(23)13-17-19(24)21-11-12-22(17)20(25)16-9-7-15(8-10-16)14-5-3-2-4-6-14/h2-10,17H,11-13H2,1H3,(H,21,24). The predicted octanol–water partition coefficient (Wildman–Crippen LogP) is 1.86. The van der Waals surface area contributed by atoms with E-state index in [4.69, 9.17) is 0 Å². The van der Waals surface area contributed by atoms with Crippen LogP contribution in [0.5, 0.6) is 0 Å². The molecule has 1 unspecified atom stereocenters. The molecule has 6 nitrogen and oxygen atoms in total. The van der Waals surface area contributed by atoms with E-state index < -0.39 is 12.0 Å². The smallest absolute Gasteiger partial charge is 0.308 e. The molecule has 1 atom stereocenters. The predicted molar refractivity (Wildman–Crippen MR) is 96.3 cm³/mol. The molecule has 0 bridgehead atoms. The fourth-order valence-corrected chi connectivity index (χ4v) is 3.00. The van der Waals surface area contributed by atoms with Crippen molar-refractivity contribution >= 4 is 17.8 Å².